The Morgan fingerprint density at radius 1 is 0.875 bits per heavy atom. The van der Waals surface area contributed by atoms with E-state index in [0.29, 0.717) is 11.5 Å². The number of hydrogen-bond acceptors (Lipinski definition) is 4. The maximum absolute atomic E-state index is 5.64. The van der Waals surface area contributed by atoms with E-state index >= 15 is 0 Å². The molecule has 5 rings (SSSR count). The van der Waals surface area contributed by atoms with Gasteiger partial charge in [0.15, 0.2) is 17.1 Å². The van der Waals surface area contributed by atoms with Gasteiger partial charge in [0.2, 0.25) is 0 Å². The summed E-state index contributed by atoms with van der Waals surface area (Å²) in [5, 5.41) is 8.03. The summed E-state index contributed by atoms with van der Waals surface area (Å²) < 4.78 is 14.2. The molecule has 0 aliphatic carbocycles. The number of aromatic nitrogens is 3. The van der Waals surface area contributed by atoms with E-state index in [1.807, 2.05) is 59.3 Å². The van der Waals surface area contributed by atoms with E-state index in [2.05, 4.69) is 35.0 Å². The average molecular weight is 488 g/mol. The van der Waals surface area contributed by atoms with Gasteiger partial charge in [-0.2, -0.15) is 5.10 Å². The van der Waals surface area contributed by atoms with E-state index in [1.165, 1.54) is 0 Å². The molecular weight excluding hydrogens is 466 g/mol. The number of rotatable bonds is 5. The highest BCUT2D eigenvalue weighted by atomic mass is 79.9. The van der Waals surface area contributed by atoms with Crippen LogP contribution in [0.4, 0.5) is 0 Å². The molecule has 5 nitrogen and oxygen atoms in total. The van der Waals surface area contributed by atoms with Gasteiger partial charge in [0.25, 0.3) is 0 Å². The SMILES string of the molecule is CCc1nn(-c2ccccc2)c2nc(-c3ccc(Br)cc3)c3cc(OC)c(OC)cc3c12. The van der Waals surface area contributed by atoms with Crippen LogP contribution >= 0.6 is 15.9 Å². The van der Waals surface area contributed by atoms with Crippen LogP contribution in [0.1, 0.15) is 12.6 Å². The third kappa shape index (κ3) is 3.31. The van der Waals surface area contributed by atoms with Crippen LogP contribution in [0.5, 0.6) is 11.5 Å². The van der Waals surface area contributed by atoms with Crippen molar-refractivity contribution in [3.8, 4) is 28.4 Å². The van der Waals surface area contributed by atoms with E-state index in [1.54, 1.807) is 14.2 Å². The third-order valence-corrected chi connectivity index (χ3v) is 6.18. The molecule has 0 atom stereocenters. The molecule has 0 aliphatic heterocycles. The summed E-state index contributed by atoms with van der Waals surface area (Å²) in [6, 6.07) is 22.4. The fourth-order valence-electron chi connectivity index (χ4n) is 4.10. The van der Waals surface area contributed by atoms with Gasteiger partial charge >= 0.3 is 0 Å². The topological polar surface area (TPSA) is 49.2 Å². The Balaban J connectivity index is 1.95. The molecule has 5 aromatic rings. The Labute approximate surface area is 194 Å². The van der Waals surface area contributed by atoms with Crippen LogP contribution < -0.4 is 9.47 Å². The molecule has 0 unspecified atom stereocenters. The maximum atomic E-state index is 5.64. The first kappa shape index (κ1) is 20.5. The van der Waals surface area contributed by atoms with Gasteiger partial charge in [-0.25, -0.2) is 9.67 Å². The van der Waals surface area contributed by atoms with Crippen molar-refractivity contribution in [1.82, 2.24) is 14.8 Å². The summed E-state index contributed by atoms with van der Waals surface area (Å²) in [7, 11) is 3.31. The fourth-order valence-corrected chi connectivity index (χ4v) is 4.37. The molecule has 0 aliphatic rings. The summed E-state index contributed by atoms with van der Waals surface area (Å²) in [6.07, 6.45) is 0.791. The minimum Gasteiger partial charge on any atom is -0.493 e. The third-order valence-electron chi connectivity index (χ3n) is 5.65. The highest BCUT2D eigenvalue weighted by Crippen LogP contribution is 2.41. The normalized spacial score (nSPS) is 11.2. The molecule has 0 bridgehead atoms. The van der Waals surface area contributed by atoms with Crippen molar-refractivity contribution in [2.24, 2.45) is 0 Å². The molecule has 0 radical (unpaired) electrons. The van der Waals surface area contributed by atoms with Crippen LogP contribution in [0.25, 0.3) is 38.8 Å². The van der Waals surface area contributed by atoms with Crippen molar-refractivity contribution in [2.75, 3.05) is 14.2 Å². The van der Waals surface area contributed by atoms with Gasteiger partial charge in [0.05, 0.1) is 36.7 Å². The molecule has 32 heavy (non-hydrogen) atoms. The first-order chi connectivity index (χ1) is 15.6. The highest BCUT2D eigenvalue weighted by Gasteiger charge is 2.21. The number of aryl methyl sites for hydroxylation is 1. The van der Waals surface area contributed by atoms with Crippen molar-refractivity contribution < 1.29 is 9.47 Å². The van der Waals surface area contributed by atoms with E-state index in [4.69, 9.17) is 19.6 Å². The van der Waals surface area contributed by atoms with E-state index < -0.39 is 0 Å². The minimum absolute atomic E-state index is 0.674. The number of pyridine rings is 1. The molecule has 0 fully saturated rings. The second-order valence-electron chi connectivity index (χ2n) is 7.47. The van der Waals surface area contributed by atoms with Gasteiger partial charge < -0.3 is 9.47 Å². The first-order valence-corrected chi connectivity index (χ1v) is 11.2. The lowest BCUT2D eigenvalue weighted by atomic mass is 9.99. The maximum Gasteiger partial charge on any atom is 0.164 e. The Kier molecular flexibility index (Phi) is 5.31. The molecule has 2 heterocycles. The number of hydrogen-bond donors (Lipinski definition) is 0. The molecule has 0 amide bonds. The zero-order chi connectivity index (χ0) is 22.2. The number of nitrogens with zero attached hydrogens (tertiary/aromatic N) is 3. The lowest BCUT2D eigenvalue weighted by Gasteiger charge is -2.14. The van der Waals surface area contributed by atoms with E-state index in [9.17, 15) is 0 Å². The second-order valence-corrected chi connectivity index (χ2v) is 8.38. The molecular formula is C26H22BrN3O2. The molecule has 0 spiro atoms. The van der Waals surface area contributed by atoms with Gasteiger partial charge in [0.1, 0.15) is 0 Å². The van der Waals surface area contributed by atoms with Gasteiger partial charge in [-0.05, 0) is 42.8 Å². The number of methoxy groups -OCH3 is 2. The van der Waals surface area contributed by atoms with Gasteiger partial charge in [-0.15, -0.1) is 0 Å². The number of benzene rings is 3. The predicted octanol–water partition coefficient (Wildman–Crippen LogP) is 6.58. The fraction of sp³-hybridized carbons (Fsp3) is 0.154. The molecule has 0 N–H and O–H groups in total. The van der Waals surface area contributed by atoms with Gasteiger partial charge in [0, 0.05) is 20.8 Å². The lowest BCUT2D eigenvalue weighted by molar-refractivity contribution is 0.356. The number of fused-ring (bicyclic) bond motifs is 3. The number of halogens is 1. The standard InChI is InChI=1S/C26H22BrN3O2/c1-4-21-24-19-14-22(31-2)23(32-3)15-20(19)25(16-10-12-17(27)13-11-16)28-26(24)30(29-21)18-8-6-5-7-9-18/h5-15H,4H2,1-3H3. The Morgan fingerprint density at radius 2 is 1.53 bits per heavy atom. The minimum atomic E-state index is 0.674. The summed E-state index contributed by atoms with van der Waals surface area (Å²) in [5.41, 5.74) is 4.69. The molecule has 0 saturated carbocycles. The van der Waals surface area contributed by atoms with E-state index in [-0.39, 0.29) is 0 Å². The Morgan fingerprint density at radius 3 is 2.16 bits per heavy atom. The van der Waals surface area contributed by atoms with Crippen molar-refractivity contribution in [3.05, 3.63) is 76.9 Å². The van der Waals surface area contributed by atoms with Gasteiger partial charge in [-0.3, -0.25) is 0 Å². The van der Waals surface area contributed by atoms with Crippen LogP contribution in [0.3, 0.4) is 0 Å². The summed E-state index contributed by atoms with van der Waals surface area (Å²) in [5.74, 6) is 1.36. The summed E-state index contributed by atoms with van der Waals surface area (Å²) in [6.45, 7) is 2.12. The molecule has 6 heteroatoms. The van der Waals surface area contributed by atoms with Crippen LogP contribution in [0.15, 0.2) is 71.2 Å². The summed E-state index contributed by atoms with van der Waals surface area (Å²) >= 11 is 3.53. The zero-order valence-corrected chi connectivity index (χ0v) is 19.7. The number of ether oxygens (including phenoxy) is 2. The average Bonchev–Trinajstić information content (AvgIpc) is 3.22. The molecule has 160 valence electrons. The van der Waals surface area contributed by atoms with Crippen LogP contribution in [-0.2, 0) is 6.42 Å². The van der Waals surface area contributed by atoms with Gasteiger partial charge in [-0.1, -0.05) is 53.2 Å². The largest absolute Gasteiger partial charge is 0.493 e. The van der Waals surface area contributed by atoms with E-state index in [0.717, 1.165) is 55.3 Å². The molecule has 0 saturated heterocycles. The second kappa shape index (κ2) is 8.28. The van der Waals surface area contributed by atoms with Crippen LogP contribution in [0.2, 0.25) is 0 Å². The van der Waals surface area contributed by atoms with Crippen molar-refractivity contribution in [3.63, 3.8) is 0 Å². The van der Waals surface area contributed by atoms with Crippen LogP contribution in [0, 0.1) is 0 Å². The Hall–Kier alpha value is -3.38. The smallest absolute Gasteiger partial charge is 0.164 e. The highest BCUT2D eigenvalue weighted by molar-refractivity contribution is 9.10. The van der Waals surface area contributed by atoms with Crippen molar-refractivity contribution in [2.45, 2.75) is 13.3 Å². The monoisotopic (exact) mass is 487 g/mol. The number of para-hydroxylation sites is 1. The lowest BCUT2D eigenvalue weighted by Crippen LogP contribution is -1.99. The summed E-state index contributed by atoms with van der Waals surface area (Å²) in [4.78, 5) is 5.17. The van der Waals surface area contributed by atoms with Crippen LogP contribution in [-0.4, -0.2) is 29.0 Å². The Bertz CT molecular complexity index is 1430. The molecule has 3 aromatic carbocycles. The molecule has 2 aromatic heterocycles. The zero-order valence-electron chi connectivity index (χ0n) is 18.1. The first-order valence-electron chi connectivity index (χ1n) is 10.4. The van der Waals surface area contributed by atoms with Crippen molar-refractivity contribution in [1.29, 1.82) is 0 Å². The quantitative estimate of drug-likeness (QED) is 0.280. The predicted molar refractivity (Wildman–Crippen MR) is 132 cm³/mol. The van der Waals surface area contributed by atoms with Crippen molar-refractivity contribution >= 4 is 37.7 Å².